The number of anilines is 2. The second-order valence-electron chi connectivity index (χ2n) is 6.67. The van der Waals surface area contributed by atoms with Crippen LogP contribution >= 0.6 is 11.6 Å². The number of rotatable bonds is 8. The van der Waals surface area contributed by atoms with Crippen molar-refractivity contribution in [2.24, 2.45) is 0 Å². The van der Waals surface area contributed by atoms with Gasteiger partial charge in [-0.3, -0.25) is 4.79 Å². The van der Waals surface area contributed by atoms with Crippen LogP contribution in [-0.2, 0) is 6.54 Å². The monoisotopic (exact) mass is 469 g/mol. The Kier molecular flexibility index (Phi) is 6.83. The Morgan fingerprint density at radius 3 is 2.69 bits per heavy atom. The molecule has 0 unspecified atom stereocenters. The Morgan fingerprint density at radius 2 is 2.06 bits per heavy atom. The lowest BCUT2D eigenvalue weighted by Gasteiger charge is -2.17. The highest BCUT2D eigenvalue weighted by molar-refractivity contribution is 6.29. The van der Waals surface area contributed by atoms with Crippen molar-refractivity contribution in [1.29, 1.82) is 0 Å². The molecule has 1 aliphatic rings. The molecule has 3 rings (SSSR count). The number of nitrogens with zero attached hydrogens (tertiary/aromatic N) is 2. The molecule has 2 aromatic rings. The summed E-state index contributed by atoms with van der Waals surface area (Å²) in [5.41, 5.74) is 0.786. The van der Waals surface area contributed by atoms with Gasteiger partial charge in [0.1, 0.15) is 6.67 Å². The van der Waals surface area contributed by atoms with Gasteiger partial charge in [-0.2, -0.15) is 4.98 Å². The predicted octanol–water partition coefficient (Wildman–Crippen LogP) is 4.83. The molecule has 0 saturated carbocycles. The zero-order chi connectivity index (χ0) is 23.5. The van der Waals surface area contributed by atoms with Crippen molar-refractivity contribution < 1.29 is 27.4 Å². The minimum absolute atomic E-state index is 0.0267. The number of allylic oxidation sites excluding steroid dienone is 5. The lowest BCUT2D eigenvalue weighted by molar-refractivity contribution is -0.286. The standard InChI is InChI=1S/C21H19ClF3N3O4/c1-4-5-13(7-14(22)9-23)10-28-11-18(30-3)19(29)27-20(28)26-15-8-17-16(6-12(15)2)31-21(24,25)32-17/h4-8,11H,1,9-10H2,2-3H3,(H,26,27,29)/b13-5+,14-7+. The number of aryl methyl sites for hydroxylation is 1. The fraction of sp³-hybridized carbons (Fsp3) is 0.238. The molecule has 170 valence electrons. The molecule has 0 aliphatic carbocycles. The third-order valence-electron chi connectivity index (χ3n) is 4.33. The number of methoxy groups -OCH3 is 1. The number of aromatic nitrogens is 2. The topological polar surface area (TPSA) is 74.6 Å². The van der Waals surface area contributed by atoms with Gasteiger partial charge in [0, 0.05) is 16.8 Å². The average Bonchev–Trinajstić information content (AvgIpc) is 3.02. The molecule has 32 heavy (non-hydrogen) atoms. The fourth-order valence-corrected chi connectivity index (χ4v) is 3.06. The number of halogens is 4. The SMILES string of the molecule is C=C/C=C(\C=C(\Cl)CF)Cn1cc(OC)c(=O)nc1Nc1cc2c(cc1C)OC(F)(F)O2. The summed E-state index contributed by atoms with van der Waals surface area (Å²) in [6.45, 7) is 4.53. The summed E-state index contributed by atoms with van der Waals surface area (Å²) in [7, 11) is 1.32. The first-order valence-corrected chi connectivity index (χ1v) is 9.60. The number of ether oxygens (including phenoxy) is 3. The van der Waals surface area contributed by atoms with E-state index >= 15 is 0 Å². The minimum atomic E-state index is -3.76. The third-order valence-corrected chi connectivity index (χ3v) is 4.54. The van der Waals surface area contributed by atoms with Gasteiger partial charge in [-0.05, 0) is 30.2 Å². The van der Waals surface area contributed by atoms with Crippen molar-refractivity contribution >= 4 is 23.2 Å². The summed E-state index contributed by atoms with van der Waals surface area (Å²) < 4.78 is 55.1. The molecule has 2 heterocycles. The smallest absolute Gasteiger partial charge is 0.490 e. The molecule has 7 nitrogen and oxygen atoms in total. The number of benzene rings is 1. The Bertz CT molecular complexity index is 1160. The van der Waals surface area contributed by atoms with Crippen molar-refractivity contribution in [3.8, 4) is 17.2 Å². The van der Waals surface area contributed by atoms with Crippen LogP contribution in [-0.4, -0.2) is 29.6 Å². The van der Waals surface area contributed by atoms with Crippen LogP contribution in [0, 0.1) is 6.92 Å². The normalized spacial score (nSPS) is 14.9. The van der Waals surface area contributed by atoms with Crippen molar-refractivity contribution in [3.05, 3.63) is 69.7 Å². The molecule has 11 heteroatoms. The Hall–Kier alpha value is -3.40. The number of alkyl halides is 3. The summed E-state index contributed by atoms with van der Waals surface area (Å²) in [6, 6.07) is 2.68. The zero-order valence-electron chi connectivity index (χ0n) is 17.1. The van der Waals surface area contributed by atoms with Gasteiger partial charge in [0.2, 0.25) is 11.7 Å². The van der Waals surface area contributed by atoms with Gasteiger partial charge in [0.15, 0.2) is 11.5 Å². The van der Waals surface area contributed by atoms with Crippen molar-refractivity contribution in [2.75, 3.05) is 19.1 Å². The van der Waals surface area contributed by atoms with Crippen LogP contribution in [0.4, 0.5) is 24.8 Å². The first kappa shape index (κ1) is 23.3. The van der Waals surface area contributed by atoms with Gasteiger partial charge < -0.3 is 24.1 Å². The van der Waals surface area contributed by atoms with E-state index in [1.165, 1.54) is 42.2 Å². The van der Waals surface area contributed by atoms with Crippen LogP contribution in [0.15, 0.2) is 58.5 Å². The molecule has 1 N–H and O–H groups in total. The third kappa shape index (κ3) is 5.25. The van der Waals surface area contributed by atoms with Crippen LogP contribution in [0.3, 0.4) is 0 Å². The fourth-order valence-electron chi connectivity index (χ4n) is 2.92. The van der Waals surface area contributed by atoms with E-state index in [-0.39, 0.29) is 34.8 Å². The van der Waals surface area contributed by atoms with Gasteiger partial charge in [0.25, 0.3) is 0 Å². The van der Waals surface area contributed by atoms with Gasteiger partial charge >= 0.3 is 11.9 Å². The number of fused-ring (bicyclic) bond motifs is 1. The summed E-state index contributed by atoms with van der Waals surface area (Å²) in [4.78, 5) is 16.2. The van der Waals surface area contributed by atoms with E-state index in [1.807, 2.05) is 0 Å². The van der Waals surface area contributed by atoms with Crippen LogP contribution < -0.4 is 25.1 Å². The first-order chi connectivity index (χ1) is 15.2. The molecule has 0 atom stereocenters. The molecule has 1 aromatic carbocycles. The van der Waals surface area contributed by atoms with E-state index in [4.69, 9.17) is 16.3 Å². The van der Waals surface area contributed by atoms with Crippen LogP contribution in [0.5, 0.6) is 17.2 Å². The molecule has 0 amide bonds. The first-order valence-electron chi connectivity index (χ1n) is 9.22. The molecule has 0 spiro atoms. The molecule has 0 radical (unpaired) electrons. The van der Waals surface area contributed by atoms with Crippen LogP contribution in [0.2, 0.25) is 0 Å². The Balaban J connectivity index is 2.02. The maximum absolute atomic E-state index is 13.4. The van der Waals surface area contributed by atoms with E-state index < -0.39 is 18.5 Å². The Morgan fingerprint density at radius 1 is 1.38 bits per heavy atom. The van der Waals surface area contributed by atoms with Crippen LogP contribution in [0.1, 0.15) is 5.56 Å². The maximum atomic E-state index is 13.4. The summed E-state index contributed by atoms with van der Waals surface area (Å²) in [5.74, 6) is -0.240. The summed E-state index contributed by atoms with van der Waals surface area (Å²) in [6.07, 6.45) is 2.17. The molecular formula is C21H19ClF3N3O4. The Labute approximate surface area is 186 Å². The number of hydrogen-bond acceptors (Lipinski definition) is 6. The van der Waals surface area contributed by atoms with Gasteiger partial charge in [-0.1, -0.05) is 30.3 Å². The molecule has 0 fully saturated rings. The van der Waals surface area contributed by atoms with E-state index in [9.17, 15) is 18.0 Å². The van der Waals surface area contributed by atoms with E-state index in [2.05, 4.69) is 26.4 Å². The quantitative estimate of drug-likeness (QED) is 0.558. The maximum Gasteiger partial charge on any atom is 0.586 e. The van der Waals surface area contributed by atoms with Gasteiger partial charge in [-0.15, -0.1) is 8.78 Å². The van der Waals surface area contributed by atoms with Crippen molar-refractivity contribution in [3.63, 3.8) is 0 Å². The van der Waals surface area contributed by atoms with E-state index in [1.54, 1.807) is 13.0 Å². The number of hydrogen-bond donors (Lipinski definition) is 1. The highest BCUT2D eigenvalue weighted by Crippen LogP contribution is 2.44. The molecule has 0 saturated heterocycles. The molecule has 1 aromatic heterocycles. The lowest BCUT2D eigenvalue weighted by Crippen LogP contribution is -2.25. The molecule has 1 aliphatic heterocycles. The average molecular weight is 470 g/mol. The van der Waals surface area contributed by atoms with Gasteiger partial charge in [0.05, 0.1) is 19.9 Å². The van der Waals surface area contributed by atoms with Crippen LogP contribution in [0.25, 0.3) is 0 Å². The summed E-state index contributed by atoms with van der Waals surface area (Å²) >= 11 is 5.82. The zero-order valence-corrected chi connectivity index (χ0v) is 17.9. The largest absolute Gasteiger partial charge is 0.586 e. The lowest BCUT2D eigenvalue weighted by atomic mass is 10.2. The molecule has 0 bridgehead atoms. The summed E-state index contributed by atoms with van der Waals surface area (Å²) in [5, 5.41) is 2.91. The van der Waals surface area contributed by atoms with Crippen molar-refractivity contribution in [2.45, 2.75) is 19.8 Å². The second kappa shape index (κ2) is 9.39. The van der Waals surface area contributed by atoms with Crippen molar-refractivity contribution in [1.82, 2.24) is 9.55 Å². The predicted molar refractivity (Wildman–Crippen MR) is 114 cm³/mol. The minimum Gasteiger partial charge on any atom is -0.490 e. The second-order valence-corrected chi connectivity index (χ2v) is 7.16. The van der Waals surface area contributed by atoms with Gasteiger partial charge in [-0.25, -0.2) is 4.39 Å². The highest BCUT2D eigenvalue weighted by atomic mass is 35.5. The van der Waals surface area contributed by atoms with E-state index in [0.717, 1.165) is 0 Å². The number of nitrogens with one attached hydrogen (secondary N) is 1. The highest BCUT2D eigenvalue weighted by Gasteiger charge is 2.43. The van der Waals surface area contributed by atoms with E-state index in [0.29, 0.717) is 16.8 Å². The molecular weight excluding hydrogens is 451 g/mol.